The first kappa shape index (κ1) is 30.3. The molecule has 2 aliphatic heterocycles. The van der Waals surface area contributed by atoms with Crippen LogP contribution >= 0.6 is 0 Å². The number of hydrogen-bond donors (Lipinski definition) is 1. The Kier molecular flexibility index (Phi) is 11.0. The summed E-state index contributed by atoms with van der Waals surface area (Å²) in [5.74, 6) is 0.0527. The van der Waals surface area contributed by atoms with E-state index in [0.717, 1.165) is 50.8 Å². The number of pyridine rings is 1. The number of carbonyl (C=O) groups excluding carboxylic acids is 3. The zero-order valence-corrected chi connectivity index (χ0v) is 23.7. The summed E-state index contributed by atoms with van der Waals surface area (Å²) in [6, 6.07) is 7.82. The number of Topliss-reactive ketones (excluding diaryl/α,β-unsaturated/α-hetero) is 2. The predicted molar refractivity (Wildman–Crippen MR) is 151 cm³/mol. The maximum Gasteiger partial charge on any atom is 0.222 e. The Morgan fingerprint density at radius 1 is 1.17 bits per heavy atom. The molecule has 1 aromatic carbocycles. The molecular weight excluding hydrogens is 523 g/mol. The number of likely N-dealkylation sites (tertiary alicyclic amines) is 1. The lowest BCUT2D eigenvalue weighted by Crippen LogP contribution is -2.42. The van der Waals surface area contributed by atoms with E-state index in [2.05, 4.69) is 10.3 Å². The SMILES string of the molecule is CC(=O)C[C@H](CC(=O)[C@@H]1CCCN(C(=O)CCC2CCNCC2)C1)c1cncc(OCc2ccc(F)c(C#N)c2)c1. The Balaban J connectivity index is 1.36. The van der Waals surface area contributed by atoms with Crippen molar-refractivity contribution < 1.29 is 23.5 Å². The van der Waals surface area contributed by atoms with Gasteiger partial charge in [-0.15, -0.1) is 0 Å². The topological polar surface area (TPSA) is 112 Å². The molecule has 0 bridgehead atoms. The number of benzene rings is 1. The first-order valence-electron chi connectivity index (χ1n) is 14.6. The van der Waals surface area contributed by atoms with E-state index in [1.165, 1.54) is 19.1 Å². The summed E-state index contributed by atoms with van der Waals surface area (Å²) in [5, 5.41) is 12.4. The molecule has 0 saturated carbocycles. The maximum atomic E-state index is 13.6. The van der Waals surface area contributed by atoms with Crippen LogP contribution in [-0.4, -0.2) is 53.5 Å². The molecule has 2 fully saturated rings. The number of ketones is 2. The van der Waals surface area contributed by atoms with Gasteiger partial charge < -0.3 is 19.7 Å². The molecule has 0 aliphatic carbocycles. The van der Waals surface area contributed by atoms with Crippen molar-refractivity contribution in [3.05, 3.63) is 59.2 Å². The number of nitriles is 1. The molecule has 9 heteroatoms. The van der Waals surface area contributed by atoms with Gasteiger partial charge in [0, 0.05) is 44.5 Å². The van der Waals surface area contributed by atoms with E-state index in [1.807, 2.05) is 11.0 Å². The van der Waals surface area contributed by atoms with Crippen LogP contribution in [0.5, 0.6) is 5.75 Å². The highest BCUT2D eigenvalue weighted by Gasteiger charge is 2.30. The molecule has 2 atom stereocenters. The molecule has 2 aliphatic rings. The maximum absolute atomic E-state index is 13.6. The summed E-state index contributed by atoms with van der Waals surface area (Å²) in [6.07, 6.45) is 8.79. The molecule has 41 heavy (non-hydrogen) atoms. The highest BCUT2D eigenvalue weighted by molar-refractivity contribution is 5.85. The predicted octanol–water partition coefficient (Wildman–Crippen LogP) is 4.71. The van der Waals surface area contributed by atoms with Crippen molar-refractivity contribution in [3.63, 3.8) is 0 Å². The minimum atomic E-state index is -0.584. The van der Waals surface area contributed by atoms with E-state index in [-0.39, 0.29) is 54.3 Å². The van der Waals surface area contributed by atoms with Gasteiger partial charge >= 0.3 is 0 Å². The summed E-state index contributed by atoms with van der Waals surface area (Å²) in [4.78, 5) is 44.7. The minimum absolute atomic E-state index is 0.0252. The number of piperidine rings is 2. The standard InChI is InChI=1S/C32H39FN4O4/c1-22(38)13-26(28-15-29(19-36-18-28)41-21-24-4-6-30(33)27(14-24)17-34)16-31(39)25-3-2-12-37(20-25)32(40)7-5-23-8-10-35-11-9-23/h4,6,14-15,18-19,23,25-26,35H,2-3,5,7-13,16,20-21H2,1H3/t25-,26-/m1/s1. The lowest BCUT2D eigenvalue weighted by Gasteiger charge is -2.33. The highest BCUT2D eigenvalue weighted by atomic mass is 19.1. The highest BCUT2D eigenvalue weighted by Crippen LogP contribution is 2.30. The van der Waals surface area contributed by atoms with Crippen LogP contribution in [0.4, 0.5) is 4.39 Å². The quantitative estimate of drug-likeness (QED) is 0.399. The van der Waals surface area contributed by atoms with Gasteiger partial charge in [-0.3, -0.25) is 14.6 Å². The van der Waals surface area contributed by atoms with Crippen molar-refractivity contribution >= 4 is 17.5 Å². The molecule has 1 aromatic heterocycles. The monoisotopic (exact) mass is 562 g/mol. The molecule has 0 unspecified atom stereocenters. The van der Waals surface area contributed by atoms with E-state index in [1.54, 1.807) is 24.5 Å². The molecule has 2 aromatic rings. The van der Waals surface area contributed by atoms with Crippen LogP contribution in [0.15, 0.2) is 36.7 Å². The second kappa shape index (κ2) is 14.8. The molecule has 4 rings (SSSR count). The van der Waals surface area contributed by atoms with Crippen molar-refractivity contribution in [1.82, 2.24) is 15.2 Å². The van der Waals surface area contributed by atoms with E-state index >= 15 is 0 Å². The number of hydrogen-bond acceptors (Lipinski definition) is 7. The zero-order chi connectivity index (χ0) is 29.2. The van der Waals surface area contributed by atoms with E-state index in [9.17, 15) is 18.8 Å². The third kappa shape index (κ3) is 8.92. The lowest BCUT2D eigenvalue weighted by atomic mass is 9.84. The summed E-state index contributed by atoms with van der Waals surface area (Å²) in [6.45, 7) is 4.79. The van der Waals surface area contributed by atoms with Gasteiger partial charge in [-0.05, 0) is 93.3 Å². The summed E-state index contributed by atoms with van der Waals surface area (Å²) in [7, 11) is 0. The lowest BCUT2D eigenvalue weighted by molar-refractivity contribution is -0.135. The van der Waals surface area contributed by atoms with E-state index in [4.69, 9.17) is 10.00 Å². The minimum Gasteiger partial charge on any atom is -0.487 e. The number of aromatic nitrogens is 1. The first-order valence-corrected chi connectivity index (χ1v) is 14.6. The molecule has 218 valence electrons. The molecule has 8 nitrogen and oxygen atoms in total. The summed E-state index contributed by atoms with van der Waals surface area (Å²) in [5.41, 5.74) is 1.31. The fourth-order valence-corrected chi connectivity index (χ4v) is 5.84. The largest absolute Gasteiger partial charge is 0.487 e. The normalized spacial score (nSPS) is 18.4. The van der Waals surface area contributed by atoms with Crippen LogP contribution in [0.3, 0.4) is 0 Å². The first-order chi connectivity index (χ1) is 19.8. The van der Waals surface area contributed by atoms with Gasteiger partial charge in [0.2, 0.25) is 5.91 Å². The van der Waals surface area contributed by atoms with Crippen LogP contribution < -0.4 is 10.1 Å². The Bertz CT molecular complexity index is 1270. The third-order valence-electron chi connectivity index (χ3n) is 8.20. The number of amides is 1. The molecule has 0 radical (unpaired) electrons. The number of ether oxygens (including phenoxy) is 1. The number of halogens is 1. The Morgan fingerprint density at radius 2 is 1.98 bits per heavy atom. The van der Waals surface area contributed by atoms with Gasteiger partial charge in [-0.2, -0.15) is 5.26 Å². The van der Waals surface area contributed by atoms with Gasteiger partial charge in [-0.25, -0.2) is 4.39 Å². The molecule has 1 amide bonds. The van der Waals surface area contributed by atoms with Crippen molar-refractivity contribution in [2.45, 2.75) is 70.8 Å². The van der Waals surface area contributed by atoms with Crippen molar-refractivity contribution in [3.8, 4) is 11.8 Å². The average molecular weight is 563 g/mol. The van der Waals surface area contributed by atoms with Crippen LogP contribution in [0, 0.1) is 29.0 Å². The van der Waals surface area contributed by atoms with Gasteiger partial charge in [0.15, 0.2) is 0 Å². The third-order valence-corrected chi connectivity index (χ3v) is 8.20. The smallest absolute Gasteiger partial charge is 0.222 e. The van der Waals surface area contributed by atoms with Crippen molar-refractivity contribution in [2.75, 3.05) is 26.2 Å². The van der Waals surface area contributed by atoms with Gasteiger partial charge in [0.1, 0.15) is 35.8 Å². The van der Waals surface area contributed by atoms with Gasteiger partial charge in [-0.1, -0.05) is 6.07 Å². The van der Waals surface area contributed by atoms with Crippen LogP contribution in [0.25, 0.3) is 0 Å². The molecule has 2 saturated heterocycles. The summed E-state index contributed by atoms with van der Waals surface area (Å²) < 4.78 is 19.5. The van der Waals surface area contributed by atoms with Crippen LogP contribution in [-0.2, 0) is 21.0 Å². The van der Waals surface area contributed by atoms with E-state index < -0.39 is 5.82 Å². The number of carbonyl (C=O) groups is 3. The molecule has 3 heterocycles. The molecular formula is C32H39FN4O4. The molecule has 1 N–H and O–H groups in total. The Labute approximate surface area is 241 Å². The fourth-order valence-electron chi connectivity index (χ4n) is 5.84. The van der Waals surface area contributed by atoms with Crippen LogP contribution in [0.2, 0.25) is 0 Å². The Hall–Kier alpha value is -3.64. The second-order valence-corrected chi connectivity index (χ2v) is 11.4. The van der Waals surface area contributed by atoms with Gasteiger partial charge in [0.25, 0.3) is 0 Å². The summed E-state index contributed by atoms with van der Waals surface area (Å²) >= 11 is 0. The Morgan fingerprint density at radius 3 is 2.73 bits per heavy atom. The number of nitrogens with zero attached hydrogens (tertiary/aromatic N) is 3. The van der Waals surface area contributed by atoms with Crippen molar-refractivity contribution in [1.29, 1.82) is 5.26 Å². The van der Waals surface area contributed by atoms with Gasteiger partial charge in [0.05, 0.1) is 11.8 Å². The molecule has 0 spiro atoms. The second-order valence-electron chi connectivity index (χ2n) is 11.4. The number of rotatable bonds is 12. The van der Waals surface area contributed by atoms with Crippen LogP contribution in [0.1, 0.15) is 80.9 Å². The average Bonchev–Trinajstić information content (AvgIpc) is 2.99. The number of nitrogens with one attached hydrogen (secondary N) is 1. The van der Waals surface area contributed by atoms with E-state index in [0.29, 0.717) is 36.7 Å². The fraction of sp³-hybridized carbons (Fsp3) is 0.531. The zero-order valence-electron chi connectivity index (χ0n) is 23.7. The van der Waals surface area contributed by atoms with Crippen molar-refractivity contribution in [2.24, 2.45) is 11.8 Å².